The molecule has 0 bridgehead atoms. The first-order valence-corrected chi connectivity index (χ1v) is 2.53. The standard InChI is InChI=1S/C5H9NO/c1-2-4(6)5-3-7-5/h5-6H,2-3H2,1H3. The monoisotopic (exact) mass is 99.1 g/mol. The molecular formula is C5H9NO. The van der Waals surface area contributed by atoms with Gasteiger partial charge in [0.25, 0.3) is 0 Å². The van der Waals surface area contributed by atoms with Gasteiger partial charge in [0.1, 0.15) is 6.10 Å². The summed E-state index contributed by atoms with van der Waals surface area (Å²) in [6.07, 6.45) is 1.04. The van der Waals surface area contributed by atoms with Gasteiger partial charge in [-0.3, -0.25) is 0 Å². The van der Waals surface area contributed by atoms with Crippen molar-refractivity contribution in [3.8, 4) is 0 Å². The number of nitrogens with one attached hydrogen (secondary N) is 1. The summed E-state index contributed by atoms with van der Waals surface area (Å²) >= 11 is 0. The molecule has 1 N–H and O–H groups in total. The van der Waals surface area contributed by atoms with Crippen LogP contribution in [-0.2, 0) is 4.74 Å². The molecule has 0 aromatic heterocycles. The maximum Gasteiger partial charge on any atom is 0.118 e. The molecule has 7 heavy (non-hydrogen) atoms. The van der Waals surface area contributed by atoms with Gasteiger partial charge in [0.15, 0.2) is 0 Å². The lowest BCUT2D eigenvalue weighted by molar-refractivity contribution is 0.447. The molecule has 1 heterocycles. The van der Waals surface area contributed by atoms with Crippen LogP contribution in [0.5, 0.6) is 0 Å². The zero-order valence-electron chi connectivity index (χ0n) is 4.40. The second-order valence-electron chi connectivity index (χ2n) is 1.70. The van der Waals surface area contributed by atoms with E-state index in [2.05, 4.69) is 0 Å². The Hall–Kier alpha value is -0.370. The minimum absolute atomic E-state index is 0.199. The molecule has 0 radical (unpaired) electrons. The molecule has 0 saturated carbocycles. The average Bonchev–Trinajstić information content (AvgIpc) is 2.44. The molecule has 1 saturated heterocycles. The summed E-state index contributed by atoms with van der Waals surface area (Å²) in [4.78, 5) is 0. The maximum atomic E-state index is 7.13. The van der Waals surface area contributed by atoms with Crippen LogP contribution in [-0.4, -0.2) is 18.4 Å². The summed E-state index contributed by atoms with van der Waals surface area (Å²) in [7, 11) is 0. The highest BCUT2D eigenvalue weighted by Crippen LogP contribution is 2.11. The topological polar surface area (TPSA) is 36.4 Å². The van der Waals surface area contributed by atoms with Crippen LogP contribution >= 0.6 is 0 Å². The molecular weight excluding hydrogens is 90.1 g/mol. The van der Waals surface area contributed by atoms with E-state index in [9.17, 15) is 0 Å². The van der Waals surface area contributed by atoms with Crippen molar-refractivity contribution < 1.29 is 4.74 Å². The summed E-state index contributed by atoms with van der Waals surface area (Å²) in [5.74, 6) is 0. The fourth-order valence-electron chi connectivity index (χ4n) is 0.477. The molecule has 1 aliphatic rings. The van der Waals surface area contributed by atoms with Crippen LogP contribution in [0, 0.1) is 5.41 Å². The second kappa shape index (κ2) is 1.62. The minimum Gasteiger partial charge on any atom is -0.367 e. The van der Waals surface area contributed by atoms with E-state index in [4.69, 9.17) is 10.1 Å². The van der Waals surface area contributed by atoms with Crippen molar-refractivity contribution in [1.82, 2.24) is 0 Å². The molecule has 2 nitrogen and oxygen atoms in total. The van der Waals surface area contributed by atoms with Gasteiger partial charge in [-0.05, 0) is 6.42 Å². The Kier molecular flexibility index (Phi) is 1.11. The summed E-state index contributed by atoms with van der Waals surface area (Å²) in [6.45, 7) is 2.76. The number of hydrogen-bond acceptors (Lipinski definition) is 2. The van der Waals surface area contributed by atoms with E-state index in [1.165, 1.54) is 0 Å². The normalized spacial score (nSPS) is 27.3. The van der Waals surface area contributed by atoms with Crippen LogP contribution in [0.3, 0.4) is 0 Å². The van der Waals surface area contributed by atoms with Crippen LogP contribution < -0.4 is 0 Å². The Labute approximate surface area is 43.0 Å². The highest BCUT2D eigenvalue weighted by Gasteiger charge is 2.25. The third-order valence-corrected chi connectivity index (χ3v) is 1.10. The summed E-state index contributed by atoms with van der Waals surface area (Å²) < 4.78 is 4.84. The van der Waals surface area contributed by atoms with E-state index < -0.39 is 0 Å². The van der Waals surface area contributed by atoms with E-state index >= 15 is 0 Å². The first-order valence-electron chi connectivity index (χ1n) is 2.53. The first-order chi connectivity index (χ1) is 3.34. The molecule has 0 aliphatic carbocycles. The lowest BCUT2D eigenvalue weighted by atomic mass is 10.2. The minimum atomic E-state index is 0.199. The number of hydrogen-bond donors (Lipinski definition) is 1. The fourth-order valence-corrected chi connectivity index (χ4v) is 0.477. The van der Waals surface area contributed by atoms with Gasteiger partial charge in [0, 0.05) is 5.71 Å². The van der Waals surface area contributed by atoms with Gasteiger partial charge < -0.3 is 10.1 Å². The van der Waals surface area contributed by atoms with Crippen molar-refractivity contribution in [2.24, 2.45) is 0 Å². The molecule has 1 unspecified atom stereocenters. The number of rotatable bonds is 2. The molecule has 0 aromatic rings. The van der Waals surface area contributed by atoms with Crippen molar-refractivity contribution in [1.29, 1.82) is 5.41 Å². The van der Waals surface area contributed by atoms with Crippen molar-refractivity contribution in [2.45, 2.75) is 19.4 Å². The van der Waals surface area contributed by atoms with Gasteiger partial charge in [-0.15, -0.1) is 0 Å². The molecule has 2 heteroatoms. The van der Waals surface area contributed by atoms with Crippen LogP contribution in [0.25, 0.3) is 0 Å². The fraction of sp³-hybridized carbons (Fsp3) is 0.800. The molecule has 1 atom stereocenters. The molecule has 40 valence electrons. The van der Waals surface area contributed by atoms with E-state index in [1.54, 1.807) is 0 Å². The zero-order valence-corrected chi connectivity index (χ0v) is 4.40. The molecule has 0 aromatic carbocycles. The third kappa shape index (κ3) is 0.996. The Bertz CT molecular complexity index is 86.1. The Morgan fingerprint density at radius 2 is 2.57 bits per heavy atom. The maximum absolute atomic E-state index is 7.13. The highest BCUT2D eigenvalue weighted by molar-refractivity contribution is 5.87. The van der Waals surface area contributed by atoms with Gasteiger partial charge in [-0.1, -0.05) is 6.92 Å². The van der Waals surface area contributed by atoms with E-state index in [1.807, 2.05) is 6.92 Å². The Morgan fingerprint density at radius 3 is 2.71 bits per heavy atom. The van der Waals surface area contributed by atoms with Crippen molar-refractivity contribution in [3.05, 3.63) is 0 Å². The third-order valence-electron chi connectivity index (χ3n) is 1.10. The Balaban J connectivity index is 2.24. The largest absolute Gasteiger partial charge is 0.367 e. The predicted molar refractivity (Wildman–Crippen MR) is 27.8 cm³/mol. The average molecular weight is 99.1 g/mol. The van der Waals surface area contributed by atoms with Crippen LogP contribution in [0.1, 0.15) is 13.3 Å². The smallest absolute Gasteiger partial charge is 0.118 e. The van der Waals surface area contributed by atoms with E-state index in [0.29, 0.717) is 0 Å². The van der Waals surface area contributed by atoms with Crippen LogP contribution in [0.4, 0.5) is 0 Å². The molecule has 1 aliphatic heterocycles. The predicted octanol–water partition coefficient (Wildman–Crippen LogP) is 0.815. The molecule has 1 fully saturated rings. The molecule has 0 amide bonds. The summed E-state index contributed by atoms with van der Waals surface area (Å²) in [5.41, 5.74) is 0.736. The van der Waals surface area contributed by atoms with Crippen LogP contribution in [0.2, 0.25) is 0 Å². The first kappa shape index (κ1) is 4.78. The van der Waals surface area contributed by atoms with Crippen LogP contribution in [0.15, 0.2) is 0 Å². The van der Waals surface area contributed by atoms with Gasteiger partial charge in [-0.2, -0.15) is 0 Å². The van der Waals surface area contributed by atoms with Gasteiger partial charge in [0.2, 0.25) is 0 Å². The van der Waals surface area contributed by atoms with E-state index in [0.717, 1.165) is 18.7 Å². The molecule has 1 rings (SSSR count). The van der Waals surface area contributed by atoms with Crippen molar-refractivity contribution >= 4 is 5.71 Å². The summed E-state index contributed by atoms with van der Waals surface area (Å²) in [5, 5.41) is 7.13. The lowest BCUT2D eigenvalue weighted by Crippen LogP contribution is -2.01. The summed E-state index contributed by atoms with van der Waals surface area (Å²) in [6, 6.07) is 0. The lowest BCUT2D eigenvalue weighted by Gasteiger charge is -1.86. The quantitative estimate of drug-likeness (QED) is 0.403. The Morgan fingerprint density at radius 1 is 2.00 bits per heavy atom. The van der Waals surface area contributed by atoms with Gasteiger partial charge >= 0.3 is 0 Å². The van der Waals surface area contributed by atoms with Gasteiger partial charge in [0.05, 0.1) is 6.61 Å². The van der Waals surface area contributed by atoms with Crippen molar-refractivity contribution in [3.63, 3.8) is 0 Å². The molecule has 0 spiro atoms. The SMILES string of the molecule is CCC(=N)C1CO1. The van der Waals surface area contributed by atoms with Gasteiger partial charge in [-0.25, -0.2) is 0 Å². The second-order valence-corrected chi connectivity index (χ2v) is 1.70. The highest BCUT2D eigenvalue weighted by atomic mass is 16.6. The zero-order chi connectivity index (χ0) is 5.28. The number of epoxide rings is 1. The van der Waals surface area contributed by atoms with E-state index in [-0.39, 0.29) is 6.10 Å². The number of ether oxygens (including phenoxy) is 1. The van der Waals surface area contributed by atoms with Crippen molar-refractivity contribution in [2.75, 3.05) is 6.61 Å².